The van der Waals surface area contributed by atoms with Crippen molar-refractivity contribution in [3.05, 3.63) is 29.8 Å². The molecule has 0 N–H and O–H groups in total. The van der Waals surface area contributed by atoms with E-state index in [1.807, 2.05) is 29.2 Å². The minimum absolute atomic E-state index is 0.106. The standard InChI is InChI=1S/C15H22N2OS/c1-3-12(2)16-8-10-17(11-9-16)15(18)13-6-4-5-7-14(13)19/h4-7,12,19H,3,8-11H2,1-2H3. The van der Waals surface area contributed by atoms with Gasteiger partial charge >= 0.3 is 0 Å². The lowest BCUT2D eigenvalue weighted by molar-refractivity contribution is 0.0576. The van der Waals surface area contributed by atoms with Gasteiger partial charge in [0.2, 0.25) is 0 Å². The minimum Gasteiger partial charge on any atom is -0.336 e. The third-order valence-electron chi connectivity index (χ3n) is 3.95. The van der Waals surface area contributed by atoms with E-state index in [9.17, 15) is 4.79 Å². The van der Waals surface area contributed by atoms with Crippen LogP contribution in [-0.2, 0) is 0 Å². The minimum atomic E-state index is 0.106. The van der Waals surface area contributed by atoms with Gasteiger partial charge in [0.1, 0.15) is 0 Å². The normalized spacial score (nSPS) is 18.4. The summed E-state index contributed by atoms with van der Waals surface area (Å²) in [5.41, 5.74) is 0.711. The fourth-order valence-electron chi connectivity index (χ4n) is 2.45. The van der Waals surface area contributed by atoms with Gasteiger partial charge in [-0.25, -0.2) is 0 Å². The molecule has 1 fully saturated rings. The molecular weight excluding hydrogens is 256 g/mol. The predicted molar refractivity (Wildman–Crippen MR) is 80.9 cm³/mol. The first-order valence-electron chi connectivity index (χ1n) is 6.94. The van der Waals surface area contributed by atoms with Crippen molar-refractivity contribution in [3.8, 4) is 0 Å². The van der Waals surface area contributed by atoms with Crippen LogP contribution in [0.4, 0.5) is 0 Å². The Morgan fingerprint density at radius 2 is 1.89 bits per heavy atom. The molecule has 2 rings (SSSR count). The molecule has 1 heterocycles. The number of hydrogen-bond acceptors (Lipinski definition) is 3. The van der Waals surface area contributed by atoms with E-state index in [1.54, 1.807) is 0 Å². The highest BCUT2D eigenvalue weighted by molar-refractivity contribution is 7.80. The van der Waals surface area contributed by atoms with Crippen LogP contribution >= 0.6 is 12.6 Å². The van der Waals surface area contributed by atoms with Crippen molar-refractivity contribution in [2.45, 2.75) is 31.2 Å². The van der Waals surface area contributed by atoms with Gasteiger partial charge in [-0.3, -0.25) is 9.69 Å². The van der Waals surface area contributed by atoms with Gasteiger partial charge in [0.05, 0.1) is 5.56 Å². The topological polar surface area (TPSA) is 23.6 Å². The first-order valence-corrected chi connectivity index (χ1v) is 7.39. The largest absolute Gasteiger partial charge is 0.336 e. The zero-order valence-electron chi connectivity index (χ0n) is 11.7. The van der Waals surface area contributed by atoms with E-state index in [1.165, 1.54) is 0 Å². The Kier molecular flexibility index (Phi) is 4.88. The lowest BCUT2D eigenvalue weighted by Gasteiger charge is -2.38. The molecule has 0 aromatic heterocycles. The molecule has 1 amide bonds. The Balaban J connectivity index is 1.98. The highest BCUT2D eigenvalue weighted by Gasteiger charge is 2.24. The van der Waals surface area contributed by atoms with Crippen LogP contribution in [0, 0.1) is 0 Å². The summed E-state index contributed by atoms with van der Waals surface area (Å²) in [6.07, 6.45) is 1.16. The van der Waals surface area contributed by atoms with Crippen molar-refractivity contribution in [1.82, 2.24) is 9.80 Å². The van der Waals surface area contributed by atoms with Gasteiger partial charge in [0.25, 0.3) is 5.91 Å². The van der Waals surface area contributed by atoms with Crippen LogP contribution in [0.1, 0.15) is 30.6 Å². The Hall–Kier alpha value is -1.00. The molecule has 1 aliphatic heterocycles. The van der Waals surface area contributed by atoms with Gasteiger partial charge in [0.15, 0.2) is 0 Å². The fourth-order valence-corrected chi connectivity index (χ4v) is 2.71. The van der Waals surface area contributed by atoms with Crippen LogP contribution < -0.4 is 0 Å². The maximum Gasteiger partial charge on any atom is 0.255 e. The van der Waals surface area contributed by atoms with E-state index >= 15 is 0 Å². The summed E-state index contributed by atoms with van der Waals surface area (Å²) in [6, 6.07) is 8.12. The monoisotopic (exact) mass is 278 g/mol. The number of benzene rings is 1. The molecule has 19 heavy (non-hydrogen) atoms. The molecule has 104 valence electrons. The quantitative estimate of drug-likeness (QED) is 0.859. The SMILES string of the molecule is CCC(C)N1CCN(C(=O)c2ccccc2S)CC1. The van der Waals surface area contributed by atoms with Crippen LogP contribution in [0.5, 0.6) is 0 Å². The molecular formula is C15H22N2OS. The lowest BCUT2D eigenvalue weighted by atomic mass is 10.1. The van der Waals surface area contributed by atoms with Gasteiger partial charge < -0.3 is 4.90 Å². The van der Waals surface area contributed by atoms with Gasteiger partial charge in [0, 0.05) is 37.1 Å². The summed E-state index contributed by atoms with van der Waals surface area (Å²) in [5, 5.41) is 0. The van der Waals surface area contributed by atoms with Gasteiger partial charge in [-0.15, -0.1) is 12.6 Å². The van der Waals surface area contributed by atoms with E-state index < -0.39 is 0 Å². The molecule has 0 radical (unpaired) electrons. The van der Waals surface area contributed by atoms with Gasteiger partial charge in [-0.1, -0.05) is 19.1 Å². The first kappa shape index (κ1) is 14.4. The molecule has 1 atom stereocenters. The number of piperazine rings is 1. The summed E-state index contributed by atoms with van der Waals surface area (Å²) in [5.74, 6) is 0.106. The van der Waals surface area contributed by atoms with Crippen molar-refractivity contribution in [2.24, 2.45) is 0 Å². The lowest BCUT2D eigenvalue weighted by Crippen LogP contribution is -2.51. The molecule has 1 unspecified atom stereocenters. The average molecular weight is 278 g/mol. The first-order chi connectivity index (χ1) is 9.13. The van der Waals surface area contributed by atoms with E-state index in [2.05, 4.69) is 31.4 Å². The van der Waals surface area contributed by atoms with Crippen molar-refractivity contribution in [3.63, 3.8) is 0 Å². The van der Waals surface area contributed by atoms with Crippen LogP contribution in [-0.4, -0.2) is 47.9 Å². The molecule has 1 aromatic rings. The molecule has 0 saturated carbocycles. The number of rotatable bonds is 3. The maximum atomic E-state index is 12.4. The van der Waals surface area contributed by atoms with Crippen LogP contribution in [0.25, 0.3) is 0 Å². The molecule has 0 spiro atoms. The second kappa shape index (κ2) is 6.44. The van der Waals surface area contributed by atoms with E-state index in [0.29, 0.717) is 11.6 Å². The Bertz CT molecular complexity index is 442. The molecule has 3 nitrogen and oxygen atoms in total. The molecule has 1 saturated heterocycles. The second-order valence-corrected chi connectivity index (χ2v) is 5.58. The predicted octanol–water partition coefficient (Wildman–Crippen LogP) is 2.53. The third kappa shape index (κ3) is 3.31. The molecule has 0 aliphatic carbocycles. The van der Waals surface area contributed by atoms with Gasteiger partial charge in [-0.2, -0.15) is 0 Å². The van der Waals surface area contributed by atoms with Crippen LogP contribution in [0.3, 0.4) is 0 Å². The fraction of sp³-hybridized carbons (Fsp3) is 0.533. The van der Waals surface area contributed by atoms with Crippen molar-refractivity contribution < 1.29 is 4.79 Å². The molecule has 1 aliphatic rings. The van der Waals surface area contributed by atoms with E-state index in [4.69, 9.17) is 0 Å². The van der Waals surface area contributed by atoms with Crippen LogP contribution in [0.2, 0.25) is 0 Å². The zero-order valence-corrected chi connectivity index (χ0v) is 12.6. The second-order valence-electron chi connectivity index (χ2n) is 5.10. The molecule has 0 bridgehead atoms. The average Bonchev–Trinajstić information content (AvgIpc) is 2.46. The summed E-state index contributed by atoms with van der Waals surface area (Å²) >= 11 is 4.36. The number of thiol groups is 1. The molecule has 4 heteroatoms. The highest BCUT2D eigenvalue weighted by atomic mass is 32.1. The Morgan fingerprint density at radius 3 is 2.47 bits per heavy atom. The summed E-state index contributed by atoms with van der Waals surface area (Å²) in [4.78, 5) is 17.6. The van der Waals surface area contributed by atoms with Crippen molar-refractivity contribution >= 4 is 18.5 Å². The van der Waals surface area contributed by atoms with Crippen molar-refractivity contribution in [1.29, 1.82) is 0 Å². The third-order valence-corrected chi connectivity index (χ3v) is 4.34. The number of hydrogen-bond donors (Lipinski definition) is 1. The number of amides is 1. The Labute approximate surface area is 121 Å². The van der Waals surface area contributed by atoms with E-state index in [-0.39, 0.29) is 5.91 Å². The highest BCUT2D eigenvalue weighted by Crippen LogP contribution is 2.17. The zero-order chi connectivity index (χ0) is 13.8. The van der Waals surface area contributed by atoms with E-state index in [0.717, 1.165) is 37.5 Å². The number of carbonyl (C=O) groups excluding carboxylic acids is 1. The van der Waals surface area contributed by atoms with Crippen LogP contribution in [0.15, 0.2) is 29.2 Å². The summed E-state index contributed by atoms with van der Waals surface area (Å²) in [7, 11) is 0. The maximum absolute atomic E-state index is 12.4. The Morgan fingerprint density at radius 1 is 1.26 bits per heavy atom. The molecule has 1 aromatic carbocycles. The van der Waals surface area contributed by atoms with Crippen molar-refractivity contribution in [2.75, 3.05) is 26.2 Å². The van der Waals surface area contributed by atoms with Gasteiger partial charge in [-0.05, 0) is 25.5 Å². The number of nitrogens with zero attached hydrogens (tertiary/aromatic N) is 2. The number of carbonyl (C=O) groups is 1. The smallest absolute Gasteiger partial charge is 0.255 e. The summed E-state index contributed by atoms with van der Waals surface area (Å²) in [6.45, 7) is 8.02. The summed E-state index contributed by atoms with van der Waals surface area (Å²) < 4.78 is 0.